The molecule has 1 saturated heterocycles. The van der Waals surface area contributed by atoms with E-state index in [1.807, 2.05) is 0 Å². The quantitative estimate of drug-likeness (QED) is 0.626. The zero-order valence-corrected chi connectivity index (χ0v) is 16.7. The van der Waals surface area contributed by atoms with Crippen LogP contribution in [0.25, 0.3) is 0 Å². The van der Waals surface area contributed by atoms with Crippen molar-refractivity contribution in [1.29, 1.82) is 0 Å². The summed E-state index contributed by atoms with van der Waals surface area (Å²) in [7, 11) is 0. The number of guanidine groups is 1. The zero-order chi connectivity index (χ0) is 18.4. The molecule has 0 spiro atoms. The normalized spacial score (nSPS) is 20.3. The molecule has 144 valence electrons. The molecule has 2 aliphatic rings. The minimum Gasteiger partial charge on any atom is -0.356 e. The lowest BCUT2D eigenvalue weighted by Crippen LogP contribution is -2.47. The maximum atomic E-state index is 4.99. The number of likely N-dealkylation sites (N-methyl/N-ethyl adjacent to an activating group) is 1. The number of anilines is 1. The second-order valence-corrected chi connectivity index (χ2v) is 7.57. The van der Waals surface area contributed by atoms with Gasteiger partial charge in [-0.3, -0.25) is 4.99 Å². The molecule has 0 amide bonds. The number of fused-ring (bicyclic) bond motifs is 1. The molecule has 0 radical (unpaired) electrons. The molecule has 3 rings (SSSR count). The van der Waals surface area contributed by atoms with Crippen molar-refractivity contribution in [2.24, 2.45) is 10.9 Å². The standard InChI is InChI=1S/C21H35N5/c1-4-22-21(26-11-10-19-8-6-7-9-20(19)26)23-16-18(3)17-25-14-12-24(5-2)13-15-25/h6-9,18H,4-5,10-17H2,1-3H3,(H,22,23). The van der Waals surface area contributed by atoms with E-state index >= 15 is 0 Å². The summed E-state index contributed by atoms with van der Waals surface area (Å²) in [6.07, 6.45) is 1.11. The van der Waals surface area contributed by atoms with Crippen LogP contribution < -0.4 is 10.2 Å². The number of nitrogens with one attached hydrogen (secondary N) is 1. The topological polar surface area (TPSA) is 34.1 Å². The van der Waals surface area contributed by atoms with Gasteiger partial charge in [-0.05, 0) is 37.4 Å². The summed E-state index contributed by atoms with van der Waals surface area (Å²) in [6.45, 7) is 16.7. The maximum absolute atomic E-state index is 4.99. The third-order valence-corrected chi connectivity index (χ3v) is 5.51. The SMILES string of the molecule is CCNC(=NCC(C)CN1CCN(CC)CC1)N1CCc2ccccc21. The Morgan fingerprint density at radius 2 is 1.81 bits per heavy atom. The number of benzene rings is 1. The fourth-order valence-electron chi connectivity index (χ4n) is 3.98. The molecule has 1 atom stereocenters. The first-order valence-electron chi connectivity index (χ1n) is 10.3. The fourth-order valence-corrected chi connectivity index (χ4v) is 3.98. The van der Waals surface area contributed by atoms with Crippen LogP contribution in [-0.2, 0) is 6.42 Å². The molecular weight excluding hydrogens is 322 g/mol. The van der Waals surface area contributed by atoms with E-state index in [1.165, 1.54) is 44.0 Å². The van der Waals surface area contributed by atoms with Gasteiger partial charge in [0.1, 0.15) is 0 Å². The van der Waals surface area contributed by atoms with Crippen molar-refractivity contribution in [3.05, 3.63) is 29.8 Å². The van der Waals surface area contributed by atoms with E-state index in [0.717, 1.165) is 38.6 Å². The van der Waals surface area contributed by atoms with Crippen LogP contribution in [0.15, 0.2) is 29.3 Å². The lowest BCUT2D eigenvalue weighted by Gasteiger charge is -2.35. The highest BCUT2D eigenvalue weighted by Crippen LogP contribution is 2.27. The van der Waals surface area contributed by atoms with Crippen LogP contribution in [0, 0.1) is 5.92 Å². The first kappa shape index (κ1) is 19.2. The summed E-state index contributed by atoms with van der Waals surface area (Å²) < 4.78 is 0. The maximum Gasteiger partial charge on any atom is 0.198 e. The molecule has 1 aromatic carbocycles. The van der Waals surface area contributed by atoms with Crippen LogP contribution in [0.4, 0.5) is 5.69 Å². The summed E-state index contributed by atoms with van der Waals surface area (Å²) >= 11 is 0. The fraction of sp³-hybridized carbons (Fsp3) is 0.667. The molecule has 1 fully saturated rings. The minimum absolute atomic E-state index is 0.578. The smallest absolute Gasteiger partial charge is 0.198 e. The van der Waals surface area contributed by atoms with Gasteiger partial charge in [-0.1, -0.05) is 32.0 Å². The molecule has 26 heavy (non-hydrogen) atoms. The van der Waals surface area contributed by atoms with Gasteiger partial charge < -0.3 is 20.0 Å². The van der Waals surface area contributed by atoms with Gasteiger partial charge in [0, 0.05) is 58.0 Å². The molecule has 1 aromatic rings. The Balaban J connectivity index is 1.56. The van der Waals surface area contributed by atoms with Crippen LogP contribution >= 0.6 is 0 Å². The van der Waals surface area contributed by atoms with Gasteiger partial charge >= 0.3 is 0 Å². The second kappa shape index (κ2) is 9.38. The molecule has 0 aliphatic carbocycles. The number of rotatable bonds is 6. The number of hydrogen-bond acceptors (Lipinski definition) is 3. The third kappa shape index (κ3) is 4.77. The van der Waals surface area contributed by atoms with Gasteiger partial charge in [0.2, 0.25) is 0 Å². The molecule has 0 bridgehead atoms. The predicted molar refractivity (Wildman–Crippen MR) is 111 cm³/mol. The molecule has 1 N–H and O–H groups in total. The number of hydrogen-bond donors (Lipinski definition) is 1. The molecule has 0 aromatic heterocycles. The highest BCUT2D eigenvalue weighted by atomic mass is 15.3. The van der Waals surface area contributed by atoms with E-state index in [9.17, 15) is 0 Å². The van der Waals surface area contributed by atoms with Crippen molar-refractivity contribution in [2.75, 3.05) is 63.8 Å². The van der Waals surface area contributed by atoms with Gasteiger partial charge in [0.25, 0.3) is 0 Å². The van der Waals surface area contributed by atoms with E-state index in [4.69, 9.17) is 4.99 Å². The largest absolute Gasteiger partial charge is 0.356 e. The van der Waals surface area contributed by atoms with E-state index in [-0.39, 0.29) is 0 Å². The first-order valence-corrected chi connectivity index (χ1v) is 10.3. The molecule has 2 aliphatic heterocycles. The predicted octanol–water partition coefficient (Wildman–Crippen LogP) is 2.29. The Bertz CT molecular complexity index is 592. The summed E-state index contributed by atoms with van der Waals surface area (Å²) in [4.78, 5) is 12.5. The molecular formula is C21H35N5. The summed E-state index contributed by atoms with van der Waals surface area (Å²) in [5.74, 6) is 1.62. The monoisotopic (exact) mass is 357 g/mol. The number of para-hydroxylation sites is 1. The molecule has 1 unspecified atom stereocenters. The molecule has 0 saturated carbocycles. The van der Waals surface area contributed by atoms with Gasteiger partial charge in [-0.15, -0.1) is 0 Å². The average molecular weight is 358 g/mol. The number of nitrogens with zero attached hydrogens (tertiary/aromatic N) is 4. The van der Waals surface area contributed by atoms with Crippen molar-refractivity contribution in [1.82, 2.24) is 15.1 Å². The Kier molecular flexibility index (Phi) is 6.92. The molecule has 2 heterocycles. The Morgan fingerprint density at radius 1 is 1.08 bits per heavy atom. The first-order chi connectivity index (χ1) is 12.7. The highest BCUT2D eigenvalue weighted by Gasteiger charge is 2.23. The van der Waals surface area contributed by atoms with Crippen molar-refractivity contribution < 1.29 is 0 Å². The van der Waals surface area contributed by atoms with Crippen LogP contribution in [0.3, 0.4) is 0 Å². The van der Waals surface area contributed by atoms with Crippen LogP contribution in [0.1, 0.15) is 26.3 Å². The van der Waals surface area contributed by atoms with Crippen LogP contribution in [-0.4, -0.2) is 74.7 Å². The minimum atomic E-state index is 0.578. The van der Waals surface area contributed by atoms with Gasteiger partial charge in [0.15, 0.2) is 5.96 Å². The van der Waals surface area contributed by atoms with E-state index in [1.54, 1.807) is 0 Å². The number of aliphatic imine (C=N–C) groups is 1. The van der Waals surface area contributed by atoms with Crippen molar-refractivity contribution >= 4 is 11.6 Å². The van der Waals surface area contributed by atoms with E-state index in [0.29, 0.717) is 5.92 Å². The third-order valence-electron chi connectivity index (χ3n) is 5.51. The lowest BCUT2D eigenvalue weighted by atomic mass is 10.1. The summed E-state index contributed by atoms with van der Waals surface area (Å²) in [6, 6.07) is 8.70. The Labute approximate surface area is 159 Å². The highest BCUT2D eigenvalue weighted by molar-refractivity contribution is 5.97. The van der Waals surface area contributed by atoms with Crippen LogP contribution in [0.2, 0.25) is 0 Å². The lowest BCUT2D eigenvalue weighted by molar-refractivity contribution is 0.125. The Hall–Kier alpha value is -1.59. The second-order valence-electron chi connectivity index (χ2n) is 7.57. The molecule has 5 heteroatoms. The van der Waals surface area contributed by atoms with Crippen molar-refractivity contribution in [3.63, 3.8) is 0 Å². The Morgan fingerprint density at radius 3 is 2.54 bits per heavy atom. The summed E-state index contributed by atoms with van der Waals surface area (Å²) in [5.41, 5.74) is 2.75. The van der Waals surface area contributed by atoms with Crippen molar-refractivity contribution in [2.45, 2.75) is 27.2 Å². The molecule has 5 nitrogen and oxygen atoms in total. The van der Waals surface area contributed by atoms with E-state index in [2.05, 4.69) is 65.1 Å². The van der Waals surface area contributed by atoms with Crippen LogP contribution in [0.5, 0.6) is 0 Å². The summed E-state index contributed by atoms with van der Waals surface area (Å²) in [5, 5.41) is 3.49. The zero-order valence-electron chi connectivity index (χ0n) is 16.7. The van der Waals surface area contributed by atoms with Gasteiger partial charge in [-0.2, -0.15) is 0 Å². The van der Waals surface area contributed by atoms with Gasteiger partial charge in [0.05, 0.1) is 0 Å². The van der Waals surface area contributed by atoms with Gasteiger partial charge in [-0.25, -0.2) is 0 Å². The average Bonchev–Trinajstić information content (AvgIpc) is 3.10. The van der Waals surface area contributed by atoms with Crippen molar-refractivity contribution in [3.8, 4) is 0 Å². The van der Waals surface area contributed by atoms with E-state index < -0.39 is 0 Å². The number of piperazine rings is 1.